The molecule has 0 spiro atoms. The van der Waals surface area contributed by atoms with E-state index in [2.05, 4.69) is 11.1 Å². The highest BCUT2D eigenvalue weighted by Gasteiger charge is 1.95. The summed E-state index contributed by atoms with van der Waals surface area (Å²) in [5.74, 6) is 2.02. The standard InChI is InChI=1S/C9H14N2S/c1-8(10)6-12-7-9-3-2-4-11-5-9/h2-5,8H,6-7,10H2,1H3. The number of nitrogens with two attached hydrogens (primary N) is 1. The molecule has 3 heteroatoms. The van der Waals surface area contributed by atoms with Crippen LogP contribution >= 0.6 is 11.8 Å². The maximum absolute atomic E-state index is 5.62. The van der Waals surface area contributed by atoms with E-state index >= 15 is 0 Å². The predicted molar refractivity (Wildman–Crippen MR) is 54.0 cm³/mol. The maximum atomic E-state index is 5.62. The monoisotopic (exact) mass is 182 g/mol. The molecule has 0 bridgehead atoms. The first kappa shape index (κ1) is 9.55. The second-order valence-electron chi connectivity index (χ2n) is 2.85. The summed E-state index contributed by atoms with van der Waals surface area (Å²) < 4.78 is 0. The lowest BCUT2D eigenvalue weighted by atomic mass is 10.3. The van der Waals surface area contributed by atoms with Crippen molar-refractivity contribution < 1.29 is 0 Å². The van der Waals surface area contributed by atoms with Crippen LogP contribution in [0.4, 0.5) is 0 Å². The first-order valence-electron chi connectivity index (χ1n) is 4.01. The molecule has 0 saturated carbocycles. The van der Waals surface area contributed by atoms with Gasteiger partial charge in [0.2, 0.25) is 0 Å². The number of aromatic nitrogens is 1. The van der Waals surface area contributed by atoms with Gasteiger partial charge in [-0.05, 0) is 18.6 Å². The molecule has 0 amide bonds. The van der Waals surface area contributed by atoms with E-state index in [1.165, 1.54) is 5.56 Å². The zero-order chi connectivity index (χ0) is 8.81. The molecule has 66 valence electrons. The van der Waals surface area contributed by atoms with Crippen molar-refractivity contribution in [2.24, 2.45) is 5.73 Å². The fourth-order valence-corrected chi connectivity index (χ4v) is 1.74. The number of nitrogens with zero attached hydrogens (tertiary/aromatic N) is 1. The Labute approximate surface area is 77.6 Å². The van der Waals surface area contributed by atoms with E-state index in [-0.39, 0.29) is 6.04 Å². The van der Waals surface area contributed by atoms with Crippen LogP contribution in [0.25, 0.3) is 0 Å². The number of thioether (sulfide) groups is 1. The van der Waals surface area contributed by atoms with Gasteiger partial charge in [-0.1, -0.05) is 6.07 Å². The van der Waals surface area contributed by atoms with Crippen LogP contribution in [0.15, 0.2) is 24.5 Å². The molecule has 1 unspecified atom stereocenters. The van der Waals surface area contributed by atoms with E-state index in [1.54, 1.807) is 6.20 Å². The predicted octanol–water partition coefficient (Wildman–Crippen LogP) is 1.66. The summed E-state index contributed by atoms with van der Waals surface area (Å²) in [6.07, 6.45) is 3.69. The van der Waals surface area contributed by atoms with Gasteiger partial charge in [-0.25, -0.2) is 0 Å². The van der Waals surface area contributed by atoms with Crippen molar-refractivity contribution in [3.63, 3.8) is 0 Å². The minimum Gasteiger partial charge on any atom is -0.327 e. The van der Waals surface area contributed by atoms with Crippen molar-refractivity contribution >= 4 is 11.8 Å². The van der Waals surface area contributed by atoms with Crippen molar-refractivity contribution in [3.8, 4) is 0 Å². The van der Waals surface area contributed by atoms with E-state index in [0.29, 0.717) is 0 Å². The summed E-state index contributed by atoms with van der Waals surface area (Å²) in [5.41, 5.74) is 6.89. The third kappa shape index (κ3) is 3.74. The van der Waals surface area contributed by atoms with Crippen molar-refractivity contribution in [1.82, 2.24) is 4.98 Å². The summed E-state index contributed by atoms with van der Waals surface area (Å²) in [7, 11) is 0. The van der Waals surface area contributed by atoms with Gasteiger partial charge in [0.25, 0.3) is 0 Å². The van der Waals surface area contributed by atoms with E-state index in [0.717, 1.165) is 11.5 Å². The summed E-state index contributed by atoms with van der Waals surface area (Å²) in [6.45, 7) is 2.02. The lowest BCUT2D eigenvalue weighted by molar-refractivity contribution is 0.847. The van der Waals surface area contributed by atoms with Gasteiger partial charge in [-0.2, -0.15) is 11.8 Å². The minimum absolute atomic E-state index is 0.284. The highest BCUT2D eigenvalue weighted by atomic mass is 32.2. The lowest BCUT2D eigenvalue weighted by Gasteiger charge is -2.03. The highest BCUT2D eigenvalue weighted by molar-refractivity contribution is 7.98. The fourth-order valence-electron chi connectivity index (χ4n) is 0.846. The molecule has 0 saturated heterocycles. The molecule has 12 heavy (non-hydrogen) atoms. The number of pyridine rings is 1. The van der Waals surface area contributed by atoms with Crippen molar-refractivity contribution in [3.05, 3.63) is 30.1 Å². The molecule has 1 rings (SSSR count). The van der Waals surface area contributed by atoms with E-state index < -0.39 is 0 Å². The summed E-state index contributed by atoms with van der Waals surface area (Å²) >= 11 is 1.85. The Hall–Kier alpha value is -0.540. The third-order valence-corrected chi connectivity index (χ3v) is 2.67. The minimum atomic E-state index is 0.284. The highest BCUT2D eigenvalue weighted by Crippen LogP contribution is 2.10. The third-order valence-electron chi connectivity index (χ3n) is 1.37. The van der Waals surface area contributed by atoms with Gasteiger partial charge in [0.15, 0.2) is 0 Å². The molecule has 1 heterocycles. The van der Waals surface area contributed by atoms with Gasteiger partial charge in [0.05, 0.1) is 0 Å². The molecule has 0 fully saturated rings. The molecule has 0 aromatic carbocycles. The maximum Gasteiger partial charge on any atom is 0.0308 e. The molecular formula is C9H14N2S. The quantitative estimate of drug-likeness (QED) is 0.769. The largest absolute Gasteiger partial charge is 0.327 e. The topological polar surface area (TPSA) is 38.9 Å². The van der Waals surface area contributed by atoms with Gasteiger partial charge in [-0.15, -0.1) is 0 Å². The average Bonchev–Trinajstić information content (AvgIpc) is 2.05. The van der Waals surface area contributed by atoms with Crippen LogP contribution in [0.3, 0.4) is 0 Å². The van der Waals surface area contributed by atoms with Crippen molar-refractivity contribution in [2.75, 3.05) is 5.75 Å². The van der Waals surface area contributed by atoms with Crippen LogP contribution < -0.4 is 5.73 Å². The zero-order valence-electron chi connectivity index (χ0n) is 7.23. The van der Waals surface area contributed by atoms with Crippen LogP contribution in [-0.4, -0.2) is 16.8 Å². The molecule has 0 aliphatic carbocycles. The average molecular weight is 182 g/mol. The Morgan fingerprint density at radius 3 is 3.08 bits per heavy atom. The number of hydrogen-bond acceptors (Lipinski definition) is 3. The van der Waals surface area contributed by atoms with Crippen LogP contribution in [0.1, 0.15) is 12.5 Å². The molecule has 1 aromatic rings. The SMILES string of the molecule is CC(N)CSCc1cccnc1. The van der Waals surface area contributed by atoms with Crippen LogP contribution in [0, 0.1) is 0 Å². The van der Waals surface area contributed by atoms with Crippen molar-refractivity contribution in [2.45, 2.75) is 18.7 Å². The van der Waals surface area contributed by atoms with E-state index in [1.807, 2.05) is 30.9 Å². The van der Waals surface area contributed by atoms with Crippen molar-refractivity contribution in [1.29, 1.82) is 0 Å². The van der Waals surface area contributed by atoms with Gasteiger partial charge >= 0.3 is 0 Å². The summed E-state index contributed by atoms with van der Waals surface area (Å²) in [5, 5.41) is 0. The Balaban J connectivity index is 2.25. The molecule has 1 aromatic heterocycles. The normalized spacial score (nSPS) is 12.8. The molecule has 0 aliphatic rings. The molecule has 2 nitrogen and oxygen atoms in total. The summed E-state index contributed by atoms with van der Waals surface area (Å²) in [6, 6.07) is 4.33. The zero-order valence-corrected chi connectivity index (χ0v) is 8.05. The Morgan fingerprint density at radius 2 is 2.50 bits per heavy atom. The smallest absolute Gasteiger partial charge is 0.0308 e. The Kier molecular flexibility index (Phi) is 4.11. The van der Waals surface area contributed by atoms with Crippen LogP contribution in [-0.2, 0) is 5.75 Å². The number of rotatable bonds is 4. The fraction of sp³-hybridized carbons (Fsp3) is 0.444. The molecule has 0 aliphatic heterocycles. The van der Waals surface area contributed by atoms with Gasteiger partial charge in [0.1, 0.15) is 0 Å². The second kappa shape index (κ2) is 5.17. The molecule has 0 radical (unpaired) electrons. The number of hydrogen-bond donors (Lipinski definition) is 1. The first-order valence-corrected chi connectivity index (χ1v) is 5.16. The second-order valence-corrected chi connectivity index (χ2v) is 3.88. The molecule has 2 N–H and O–H groups in total. The van der Waals surface area contributed by atoms with Gasteiger partial charge < -0.3 is 5.73 Å². The molecular weight excluding hydrogens is 168 g/mol. The van der Waals surface area contributed by atoms with E-state index in [9.17, 15) is 0 Å². The Morgan fingerprint density at radius 1 is 1.67 bits per heavy atom. The Bertz CT molecular complexity index is 211. The molecule has 1 atom stereocenters. The van der Waals surface area contributed by atoms with E-state index in [4.69, 9.17) is 5.73 Å². The first-order chi connectivity index (χ1) is 5.79. The van der Waals surface area contributed by atoms with Crippen LogP contribution in [0.5, 0.6) is 0 Å². The van der Waals surface area contributed by atoms with Gasteiger partial charge in [0, 0.05) is 29.9 Å². The van der Waals surface area contributed by atoms with Gasteiger partial charge in [-0.3, -0.25) is 4.98 Å². The lowest BCUT2D eigenvalue weighted by Crippen LogP contribution is -2.17. The van der Waals surface area contributed by atoms with Crippen LogP contribution in [0.2, 0.25) is 0 Å². The summed E-state index contributed by atoms with van der Waals surface area (Å²) in [4.78, 5) is 4.04.